The normalized spacial score (nSPS) is 27.9. The zero-order valence-corrected chi connectivity index (χ0v) is 12.1. The summed E-state index contributed by atoms with van der Waals surface area (Å²) in [5, 5.41) is 0. The predicted octanol–water partition coefficient (Wildman–Crippen LogP) is 1.56. The van der Waals surface area contributed by atoms with Crippen molar-refractivity contribution in [1.82, 2.24) is 0 Å². The van der Waals surface area contributed by atoms with Gasteiger partial charge in [0.15, 0.2) is 0 Å². The van der Waals surface area contributed by atoms with E-state index in [1.165, 1.54) is 11.6 Å². The van der Waals surface area contributed by atoms with Gasteiger partial charge in [-0.05, 0) is 49.3 Å². The molecule has 1 amide bonds. The maximum Gasteiger partial charge on any atom is 0.237 e. The molecule has 0 saturated heterocycles. The van der Waals surface area contributed by atoms with Crippen LogP contribution in [0.5, 0.6) is 0 Å². The molecule has 1 aromatic rings. The Balaban J connectivity index is 1.67. The molecule has 4 nitrogen and oxygen atoms in total. The van der Waals surface area contributed by atoms with E-state index < -0.39 is 11.4 Å². The second-order valence-electron chi connectivity index (χ2n) is 6.29. The number of carbonyl (C=O) groups is 1. The van der Waals surface area contributed by atoms with Gasteiger partial charge in [-0.25, -0.2) is 4.39 Å². The largest absolute Gasteiger partial charge is 0.371 e. The van der Waals surface area contributed by atoms with Gasteiger partial charge in [0, 0.05) is 18.8 Å². The number of nitrogens with zero attached hydrogens (tertiary/aromatic N) is 1. The first-order chi connectivity index (χ1) is 10.0. The number of anilines is 1. The molecule has 0 spiro atoms. The van der Waals surface area contributed by atoms with Crippen LogP contribution in [0.2, 0.25) is 0 Å². The van der Waals surface area contributed by atoms with Crippen LogP contribution in [-0.2, 0) is 11.2 Å². The Labute approximate surface area is 124 Å². The summed E-state index contributed by atoms with van der Waals surface area (Å²) in [4.78, 5) is 13.8. The number of primary amides is 1. The smallest absolute Gasteiger partial charge is 0.237 e. The van der Waals surface area contributed by atoms with Crippen LogP contribution in [0.3, 0.4) is 0 Å². The molecule has 2 atom stereocenters. The molecule has 1 saturated carbocycles. The highest BCUT2D eigenvalue weighted by Gasteiger charge is 2.44. The van der Waals surface area contributed by atoms with Crippen molar-refractivity contribution in [2.45, 2.75) is 37.6 Å². The quantitative estimate of drug-likeness (QED) is 0.884. The third-order valence-corrected chi connectivity index (χ3v) is 5.12. The van der Waals surface area contributed by atoms with Crippen LogP contribution in [0.25, 0.3) is 0 Å². The van der Waals surface area contributed by atoms with Gasteiger partial charge in [0.1, 0.15) is 5.82 Å². The molecule has 3 rings (SSSR count). The van der Waals surface area contributed by atoms with Gasteiger partial charge in [0.05, 0.1) is 5.54 Å². The Bertz CT molecular complexity index is 562. The van der Waals surface area contributed by atoms with Gasteiger partial charge in [-0.3, -0.25) is 4.79 Å². The first kappa shape index (κ1) is 14.3. The molecule has 1 aliphatic heterocycles. The SMILES string of the molecule is NC(=O)C1(N)CCCC1CCN1CCc2ccc(F)cc21. The average Bonchev–Trinajstić information content (AvgIpc) is 3.01. The maximum absolute atomic E-state index is 13.4. The van der Waals surface area contributed by atoms with Crippen molar-refractivity contribution in [3.63, 3.8) is 0 Å². The van der Waals surface area contributed by atoms with Crippen molar-refractivity contribution < 1.29 is 9.18 Å². The van der Waals surface area contributed by atoms with Crippen LogP contribution in [-0.4, -0.2) is 24.5 Å². The van der Waals surface area contributed by atoms with E-state index in [9.17, 15) is 9.18 Å². The molecule has 0 bridgehead atoms. The lowest BCUT2D eigenvalue weighted by Gasteiger charge is -2.30. The fourth-order valence-electron chi connectivity index (χ4n) is 3.79. The highest BCUT2D eigenvalue weighted by Crippen LogP contribution is 2.37. The van der Waals surface area contributed by atoms with Crippen molar-refractivity contribution in [3.05, 3.63) is 29.6 Å². The molecule has 114 valence electrons. The number of benzene rings is 1. The third-order valence-electron chi connectivity index (χ3n) is 5.12. The van der Waals surface area contributed by atoms with Crippen LogP contribution < -0.4 is 16.4 Å². The minimum absolute atomic E-state index is 0.132. The van der Waals surface area contributed by atoms with Gasteiger partial charge in [0.2, 0.25) is 5.91 Å². The van der Waals surface area contributed by atoms with Gasteiger partial charge in [0.25, 0.3) is 0 Å². The Kier molecular flexibility index (Phi) is 3.61. The second kappa shape index (κ2) is 5.30. The highest BCUT2D eigenvalue weighted by molar-refractivity contribution is 5.85. The van der Waals surface area contributed by atoms with Gasteiger partial charge in [-0.15, -0.1) is 0 Å². The number of nitrogens with two attached hydrogens (primary N) is 2. The highest BCUT2D eigenvalue weighted by atomic mass is 19.1. The first-order valence-electron chi connectivity index (χ1n) is 7.63. The van der Waals surface area contributed by atoms with E-state index in [0.29, 0.717) is 6.42 Å². The number of hydrogen-bond acceptors (Lipinski definition) is 3. The predicted molar refractivity (Wildman–Crippen MR) is 80.4 cm³/mol. The van der Waals surface area contributed by atoms with Crippen molar-refractivity contribution in [1.29, 1.82) is 0 Å². The number of halogens is 1. The summed E-state index contributed by atoms with van der Waals surface area (Å²) in [6, 6.07) is 4.97. The molecule has 1 aliphatic carbocycles. The van der Waals surface area contributed by atoms with E-state index in [2.05, 4.69) is 4.90 Å². The number of fused-ring (bicyclic) bond motifs is 1. The number of amides is 1. The minimum atomic E-state index is -0.857. The minimum Gasteiger partial charge on any atom is -0.371 e. The summed E-state index contributed by atoms with van der Waals surface area (Å²) in [7, 11) is 0. The van der Waals surface area contributed by atoms with Crippen LogP contribution >= 0.6 is 0 Å². The number of hydrogen-bond donors (Lipinski definition) is 2. The molecule has 0 aromatic heterocycles. The van der Waals surface area contributed by atoms with Crippen LogP contribution in [0.15, 0.2) is 18.2 Å². The Morgan fingerprint density at radius 2 is 2.29 bits per heavy atom. The standard InChI is InChI=1S/C16H22FN3O/c17-13-4-3-11-5-8-20(14(11)10-13)9-6-12-2-1-7-16(12,19)15(18)21/h3-4,10,12H,1-2,5-9,19H2,(H2,18,21). The summed E-state index contributed by atoms with van der Waals surface area (Å²) in [5.41, 5.74) is 13.0. The monoisotopic (exact) mass is 291 g/mol. The summed E-state index contributed by atoms with van der Waals surface area (Å²) in [5.74, 6) is -0.461. The van der Waals surface area contributed by atoms with Crippen molar-refractivity contribution in [3.8, 4) is 0 Å². The molecular weight excluding hydrogens is 269 g/mol. The molecule has 1 heterocycles. The summed E-state index contributed by atoms with van der Waals surface area (Å²) in [6.45, 7) is 1.70. The van der Waals surface area contributed by atoms with Gasteiger partial charge < -0.3 is 16.4 Å². The van der Waals surface area contributed by atoms with E-state index in [4.69, 9.17) is 11.5 Å². The van der Waals surface area contributed by atoms with Crippen LogP contribution in [0.1, 0.15) is 31.2 Å². The van der Waals surface area contributed by atoms with Crippen molar-refractivity contribution >= 4 is 11.6 Å². The zero-order valence-electron chi connectivity index (χ0n) is 12.1. The molecule has 1 fully saturated rings. The van der Waals surface area contributed by atoms with E-state index in [1.54, 1.807) is 6.07 Å². The summed E-state index contributed by atoms with van der Waals surface area (Å²) < 4.78 is 13.4. The summed E-state index contributed by atoms with van der Waals surface area (Å²) >= 11 is 0. The molecule has 2 aliphatic rings. The van der Waals surface area contributed by atoms with Crippen LogP contribution in [0.4, 0.5) is 10.1 Å². The lowest BCUT2D eigenvalue weighted by Crippen LogP contribution is -2.55. The average molecular weight is 291 g/mol. The van der Waals surface area contributed by atoms with E-state index in [0.717, 1.165) is 44.5 Å². The van der Waals surface area contributed by atoms with Crippen molar-refractivity contribution in [2.75, 3.05) is 18.0 Å². The topological polar surface area (TPSA) is 72.3 Å². The molecule has 1 aromatic carbocycles. The maximum atomic E-state index is 13.4. The summed E-state index contributed by atoms with van der Waals surface area (Å²) in [6.07, 6.45) is 4.36. The number of rotatable bonds is 4. The van der Waals surface area contributed by atoms with E-state index >= 15 is 0 Å². The lowest BCUT2D eigenvalue weighted by atomic mass is 9.85. The zero-order chi connectivity index (χ0) is 15.0. The second-order valence-corrected chi connectivity index (χ2v) is 6.29. The van der Waals surface area contributed by atoms with Crippen molar-refractivity contribution in [2.24, 2.45) is 17.4 Å². The molecule has 5 heteroatoms. The Hall–Kier alpha value is -1.62. The molecule has 2 unspecified atom stereocenters. The molecular formula is C16H22FN3O. The third kappa shape index (κ3) is 2.50. The molecule has 4 N–H and O–H groups in total. The van der Waals surface area contributed by atoms with E-state index in [1.807, 2.05) is 6.07 Å². The Morgan fingerprint density at radius 3 is 3.05 bits per heavy atom. The molecule has 21 heavy (non-hydrogen) atoms. The lowest BCUT2D eigenvalue weighted by molar-refractivity contribution is -0.124. The number of carbonyl (C=O) groups excluding carboxylic acids is 1. The Morgan fingerprint density at radius 1 is 1.48 bits per heavy atom. The van der Waals surface area contributed by atoms with Crippen LogP contribution in [0, 0.1) is 11.7 Å². The fourth-order valence-corrected chi connectivity index (χ4v) is 3.79. The first-order valence-corrected chi connectivity index (χ1v) is 7.63. The van der Waals surface area contributed by atoms with Gasteiger partial charge >= 0.3 is 0 Å². The van der Waals surface area contributed by atoms with Gasteiger partial charge in [-0.1, -0.05) is 12.5 Å². The van der Waals surface area contributed by atoms with Gasteiger partial charge in [-0.2, -0.15) is 0 Å². The molecule has 0 radical (unpaired) electrons. The van der Waals surface area contributed by atoms with E-state index in [-0.39, 0.29) is 11.7 Å². The fraction of sp³-hybridized carbons (Fsp3) is 0.562.